The van der Waals surface area contributed by atoms with Gasteiger partial charge in [-0.3, -0.25) is 14.5 Å². The maximum atomic E-state index is 13.2. The van der Waals surface area contributed by atoms with E-state index in [0.717, 1.165) is 11.1 Å². The summed E-state index contributed by atoms with van der Waals surface area (Å²) in [5, 5.41) is 0.432. The normalized spacial score (nSPS) is 16.3. The van der Waals surface area contributed by atoms with E-state index < -0.39 is 0 Å². The van der Waals surface area contributed by atoms with Crippen LogP contribution in [0.3, 0.4) is 0 Å². The average Bonchev–Trinajstić information content (AvgIpc) is 3.31. The number of ether oxygens (including phenoxy) is 3. The van der Waals surface area contributed by atoms with Gasteiger partial charge in [0.2, 0.25) is 6.79 Å². The van der Waals surface area contributed by atoms with Gasteiger partial charge < -0.3 is 14.2 Å². The maximum Gasteiger partial charge on any atom is 0.316 e. The first kappa shape index (κ1) is 21.0. The summed E-state index contributed by atoms with van der Waals surface area (Å²) in [7, 11) is 0. The predicted molar refractivity (Wildman–Crippen MR) is 120 cm³/mol. The maximum absolute atomic E-state index is 13.2. The number of aryl methyl sites for hydroxylation is 1. The molecule has 4 rings (SSSR count). The molecule has 2 aromatic carbocycles. The minimum Gasteiger partial charge on any atom is -0.462 e. The lowest BCUT2D eigenvalue weighted by atomic mass is 10.1. The van der Waals surface area contributed by atoms with Crippen LogP contribution in [0.25, 0.3) is 6.08 Å². The molecule has 160 valence electrons. The van der Waals surface area contributed by atoms with Gasteiger partial charge in [0.1, 0.15) is 5.70 Å². The molecule has 0 unspecified atom stereocenters. The Morgan fingerprint density at radius 2 is 1.94 bits per heavy atom. The molecule has 0 bridgehead atoms. The number of amidine groups is 1. The summed E-state index contributed by atoms with van der Waals surface area (Å²) < 4.78 is 15.9. The van der Waals surface area contributed by atoms with Crippen LogP contribution in [0, 0.1) is 6.92 Å². The summed E-state index contributed by atoms with van der Waals surface area (Å²) in [5.74, 6) is 0.743. The molecule has 2 aliphatic heterocycles. The second-order valence-corrected chi connectivity index (χ2v) is 8.28. The third-order valence-corrected chi connectivity index (χ3v) is 5.42. The van der Waals surface area contributed by atoms with Gasteiger partial charge in [-0.15, -0.1) is 0 Å². The van der Waals surface area contributed by atoms with E-state index in [-0.39, 0.29) is 36.2 Å². The fourth-order valence-electron chi connectivity index (χ4n) is 3.10. The van der Waals surface area contributed by atoms with E-state index in [1.54, 1.807) is 32.1 Å². The number of benzene rings is 2. The summed E-state index contributed by atoms with van der Waals surface area (Å²) in [6, 6.07) is 13.0. The first-order valence-electron chi connectivity index (χ1n) is 9.84. The highest BCUT2D eigenvalue weighted by Crippen LogP contribution is 2.34. The molecule has 0 aromatic heterocycles. The summed E-state index contributed by atoms with van der Waals surface area (Å²) in [4.78, 5) is 31.3. The number of hydrogen-bond donors (Lipinski definition) is 0. The number of nitrogens with zero attached hydrogens (tertiary/aromatic N) is 2. The molecule has 7 nitrogen and oxygen atoms in total. The van der Waals surface area contributed by atoms with Gasteiger partial charge in [-0.05, 0) is 56.7 Å². The number of fused-ring (bicyclic) bond motifs is 1. The number of carbonyl (C=O) groups is 2. The predicted octanol–water partition coefficient (Wildman–Crippen LogP) is 4.15. The molecule has 0 radical (unpaired) electrons. The molecule has 0 aliphatic carbocycles. The SMILES string of the molecule is Cc1ccc(N2C(=O)/C(=C/c3ccc4c(c3)OCO4)N=C2SCC(=O)OC(C)C)cc1. The third-order valence-electron chi connectivity index (χ3n) is 4.51. The van der Waals surface area contributed by atoms with Gasteiger partial charge in [0.05, 0.1) is 17.5 Å². The van der Waals surface area contributed by atoms with Crippen molar-refractivity contribution in [1.29, 1.82) is 0 Å². The van der Waals surface area contributed by atoms with Crippen LogP contribution in [-0.4, -0.2) is 35.7 Å². The second kappa shape index (κ2) is 8.85. The highest BCUT2D eigenvalue weighted by Gasteiger charge is 2.32. The first-order valence-corrected chi connectivity index (χ1v) is 10.8. The van der Waals surface area contributed by atoms with Gasteiger partial charge in [0.15, 0.2) is 16.7 Å². The standard InChI is InChI=1S/C23H22N2O5S/c1-14(2)30-21(26)12-31-23-24-18(10-16-6-9-19-20(11-16)29-13-28-19)22(27)25(23)17-7-4-15(3)5-8-17/h4-11,14H,12-13H2,1-3H3/b18-10-. The van der Waals surface area contributed by atoms with Crippen molar-refractivity contribution >= 4 is 40.6 Å². The quantitative estimate of drug-likeness (QED) is 0.516. The molecule has 31 heavy (non-hydrogen) atoms. The Hall–Kier alpha value is -3.26. The number of esters is 1. The van der Waals surface area contributed by atoms with Crippen LogP contribution in [0.4, 0.5) is 5.69 Å². The monoisotopic (exact) mass is 438 g/mol. The van der Waals surface area contributed by atoms with Crippen LogP contribution in [0.1, 0.15) is 25.0 Å². The molecule has 0 N–H and O–H groups in total. The largest absolute Gasteiger partial charge is 0.462 e. The van der Waals surface area contributed by atoms with E-state index in [1.807, 2.05) is 37.3 Å². The number of aliphatic imine (C=N–C) groups is 1. The van der Waals surface area contributed by atoms with E-state index in [0.29, 0.717) is 22.4 Å². The van der Waals surface area contributed by atoms with Crippen molar-refractivity contribution in [2.24, 2.45) is 4.99 Å². The molecular weight excluding hydrogens is 416 g/mol. The number of amides is 1. The van der Waals surface area contributed by atoms with Gasteiger partial charge in [0.25, 0.3) is 5.91 Å². The Kier molecular flexibility index (Phi) is 5.99. The van der Waals surface area contributed by atoms with E-state index in [2.05, 4.69) is 4.99 Å². The van der Waals surface area contributed by atoms with E-state index in [1.165, 1.54) is 16.7 Å². The lowest BCUT2D eigenvalue weighted by molar-refractivity contribution is -0.144. The van der Waals surface area contributed by atoms with Crippen LogP contribution in [0.5, 0.6) is 11.5 Å². The van der Waals surface area contributed by atoms with Crippen LogP contribution in [0.15, 0.2) is 53.2 Å². The topological polar surface area (TPSA) is 77.4 Å². The summed E-state index contributed by atoms with van der Waals surface area (Å²) in [6.45, 7) is 5.75. The third kappa shape index (κ3) is 4.74. The molecule has 0 saturated heterocycles. The number of rotatable bonds is 5. The summed E-state index contributed by atoms with van der Waals surface area (Å²) in [6.07, 6.45) is 1.50. The van der Waals surface area contributed by atoms with Gasteiger partial charge in [-0.2, -0.15) is 0 Å². The van der Waals surface area contributed by atoms with Crippen LogP contribution >= 0.6 is 11.8 Å². The first-order chi connectivity index (χ1) is 14.9. The molecule has 0 atom stereocenters. The Balaban J connectivity index is 1.62. The van der Waals surface area contributed by atoms with Gasteiger partial charge in [-0.1, -0.05) is 35.5 Å². The van der Waals surface area contributed by atoms with Crippen molar-refractivity contribution in [1.82, 2.24) is 0 Å². The Labute approximate surface area is 184 Å². The molecule has 1 amide bonds. The molecule has 2 aliphatic rings. The zero-order valence-corrected chi connectivity index (χ0v) is 18.3. The van der Waals surface area contributed by atoms with Crippen molar-refractivity contribution in [2.75, 3.05) is 17.4 Å². The fraction of sp³-hybridized carbons (Fsp3) is 0.261. The van der Waals surface area contributed by atoms with E-state index in [9.17, 15) is 9.59 Å². The highest BCUT2D eigenvalue weighted by atomic mass is 32.2. The van der Waals surface area contributed by atoms with Crippen molar-refractivity contribution in [2.45, 2.75) is 26.9 Å². The lowest BCUT2D eigenvalue weighted by Gasteiger charge is -2.18. The number of thioether (sulfide) groups is 1. The highest BCUT2D eigenvalue weighted by molar-refractivity contribution is 8.14. The lowest BCUT2D eigenvalue weighted by Crippen LogP contribution is -2.31. The van der Waals surface area contributed by atoms with Crippen LogP contribution in [-0.2, 0) is 14.3 Å². The molecule has 0 spiro atoms. The zero-order chi connectivity index (χ0) is 22.0. The van der Waals surface area contributed by atoms with Crippen LogP contribution < -0.4 is 14.4 Å². The zero-order valence-electron chi connectivity index (χ0n) is 17.5. The Morgan fingerprint density at radius 3 is 2.68 bits per heavy atom. The molecular formula is C23H22N2O5S. The van der Waals surface area contributed by atoms with Crippen molar-refractivity contribution in [3.05, 3.63) is 59.3 Å². The molecule has 0 fully saturated rings. The number of carbonyl (C=O) groups excluding carboxylic acids is 2. The van der Waals surface area contributed by atoms with Gasteiger partial charge in [-0.25, -0.2) is 4.99 Å². The Morgan fingerprint density at radius 1 is 1.19 bits per heavy atom. The van der Waals surface area contributed by atoms with Gasteiger partial charge >= 0.3 is 5.97 Å². The van der Waals surface area contributed by atoms with Gasteiger partial charge in [0, 0.05) is 0 Å². The number of anilines is 1. The van der Waals surface area contributed by atoms with Crippen molar-refractivity contribution < 1.29 is 23.8 Å². The minimum absolute atomic E-state index is 0.0595. The van der Waals surface area contributed by atoms with E-state index >= 15 is 0 Å². The minimum atomic E-state index is -0.354. The van der Waals surface area contributed by atoms with Crippen molar-refractivity contribution in [3.63, 3.8) is 0 Å². The van der Waals surface area contributed by atoms with Crippen molar-refractivity contribution in [3.8, 4) is 11.5 Å². The second-order valence-electron chi connectivity index (χ2n) is 7.34. The molecule has 0 saturated carbocycles. The fourth-order valence-corrected chi connectivity index (χ4v) is 3.89. The molecule has 8 heteroatoms. The van der Waals surface area contributed by atoms with Crippen LogP contribution in [0.2, 0.25) is 0 Å². The molecule has 2 aromatic rings. The number of hydrogen-bond acceptors (Lipinski definition) is 7. The summed E-state index contributed by atoms with van der Waals surface area (Å²) in [5.41, 5.74) is 2.82. The smallest absolute Gasteiger partial charge is 0.316 e. The van der Waals surface area contributed by atoms with E-state index in [4.69, 9.17) is 14.2 Å². The Bertz CT molecular complexity index is 1080. The average molecular weight is 439 g/mol. The molecule has 2 heterocycles. The summed E-state index contributed by atoms with van der Waals surface area (Å²) >= 11 is 1.17.